The number of rotatable bonds is 16. The normalized spacial score (nSPS) is 15.8. The predicted molar refractivity (Wildman–Crippen MR) is 161 cm³/mol. The van der Waals surface area contributed by atoms with Gasteiger partial charge in [0, 0.05) is 43.8 Å². The molecule has 1 amide bonds. The number of benzene rings is 1. The van der Waals surface area contributed by atoms with E-state index in [0.29, 0.717) is 43.7 Å². The molecule has 1 fully saturated rings. The van der Waals surface area contributed by atoms with Crippen LogP contribution in [0, 0.1) is 11.8 Å². The third kappa shape index (κ3) is 9.64. The van der Waals surface area contributed by atoms with Crippen molar-refractivity contribution in [3.8, 4) is 0 Å². The Balaban J connectivity index is 1.76. The molecule has 7 heteroatoms. The molecule has 1 N–H and O–H groups in total. The summed E-state index contributed by atoms with van der Waals surface area (Å²) >= 11 is 1.62. The Kier molecular flexibility index (Phi) is 12.3. The molecule has 1 aromatic heterocycles. The number of amides is 1. The Morgan fingerprint density at radius 2 is 1.87 bits per heavy atom. The van der Waals surface area contributed by atoms with Crippen LogP contribution in [-0.2, 0) is 27.2 Å². The summed E-state index contributed by atoms with van der Waals surface area (Å²) in [5, 5.41) is 4.23. The minimum absolute atomic E-state index is 0.0642. The maximum atomic E-state index is 13.8. The molecule has 1 saturated carbocycles. The summed E-state index contributed by atoms with van der Waals surface area (Å²) < 4.78 is 1.12. The van der Waals surface area contributed by atoms with E-state index in [0.717, 1.165) is 53.7 Å². The van der Waals surface area contributed by atoms with Crippen molar-refractivity contribution in [3.05, 3.63) is 40.9 Å². The molecule has 0 aliphatic heterocycles. The van der Waals surface area contributed by atoms with Crippen molar-refractivity contribution in [1.82, 2.24) is 15.2 Å². The Bertz CT molecular complexity index is 1130. The molecular formula is C32H47N3O3S. The molecule has 6 nitrogen and oxygen atoms in total. The van der Waals surface area contributed by atoms with E-state index in [1.165, 1.54) is 12.0 Å². The Morgan fingerprint density at radius 3 is 2.54 bits per heavy atom. The van der Waals surface area contributed by atoms with Crippen LogP contribution in [0.1, 0.15) is 88.6 Å². The number of aryl methyl sites for hydroxylation is 1. The van der Waals surface area contributed by atoms with Crippen LogP contribution >= 0.6 is 11.3 Å². The zero-order valence-corrected chi connectivity index (χ0v) is 25.2. The summed E-state index contributed by atoms with van der Waals surface area (Å²) in [7, 11) is 3.86. The van der Waals surface area contributed by atoms with Crippen molar-refractivity contribution in [2.45, 2.75) is 96.9 Å². The maximum Gasteiger partial charge on any atom is 0.224 e. The van der Waals surface area contributed by atoms with Crippen LogP contribution in [0.15, 0.2) is 30.4 Å². The molecule has 0 saturated heterocycles. The Labute approximate surface area is 238 Å². The second kappa shape index (κ2) is 15.4. The largest absolute Gasteiger partial charge is 0.353 e. The molecule has 1 aliphatic rings. The number of thiazole rings is 1. The average molecular weight is 554 g/mol. The zero-order chi connectivity index (χ0) is 28.4. The number of Topliss-reactive ketones (excluding diaryl/α,β-unsaturated/α-hetero) is 2. The molecule has 3 rings (SSSR count). The van der Waals surface area contributed by atoms with Gasteiger partial charge in [-0.2, -0.15) is 0 Å². The lowest BCUT2D eigenvalue weighted by atomic mass is 9.81. The number of ketones is 2. The van der Waals surface area contributed by atoms with Gasteiger partial charge in [0.15, 0.2) is 5.78 Å². The van der Waals surface area contributed by atoms with Crippen molar-refractivity contribution >= 4 is 39.0 Å². The molecular weight excluding hydrogens is 506 g/mol. The monoisotopic (exact) mass is 553 g/mol. The van der Waals surface area contributed by atoms with Gasteiger partial charge < -0.3 is 10.2 Å². The molecule has 39 heavy (non-hydrogen) atoms. The predicted octanol–water partition coefficient (Wildman–Crippen LogP) is 6.31. The highest BCUT2D eigenvalue weighted by atomic mass is 32.1. The molecule has 0 bridgehead atoms. The standard InChI is InChI=1S/C32H47N3O3S/c1-6-11-26(36)19-25(20-31-33-28-15-14-23(7-2)18-30(28)39-31)32(38)34-27(24-12-9-8-10-13-24)16-17-29(37)22(3)21-35(4)5/h14-15,18,24-25,27H,3,6-13,16-17,19-21H2,1-2,4-5H3,(H,34,38)/t25-,27+/m0/s1. The number of likely N-dealkylation sites (N-methyl/N-ethyl adjacent to an activating group) is 1. The second-order valence-electron chi connectivity index (χ2n) is 11.5. The minimum atomic E-state index is -0.458. The highest BCUT2D eigenvalue weighted by molar-refractivity contribution is 7.18. The SMILES string of the molecule is C=C(CN(C)C)C(=O)CC[C@@H](NC(=O)[C@@H](CC(=O)CCC)Cc1nc2ccc(CC)cc2s1)C1CCCCC1. The van der Waals surface area contributed by atoms with Crippen LogP contribution in [0.3, 0.4) is 0 Å². The highest BCUT2D eigenvalue weighted by Gasteiger charge is 2.30. The number of hydrogen-bond donors (Lipinski definition) is 1. The van der Waals surface area contributed by atoms with Crippen molar-refractivity contribution in [2.75, 3.05) is 20.6 Å². The van der Waals surface area contributed by atoms with Crippen molar-refractivity contribution in [2.24, 2.45) is 11.8 Å². The van der Waals surface area contributed by atoms with Gasteiger partial charge in [-0.25, -0.2) is 4.98 Å². The topological polar surface area (TPSA) is 79.4 Å². The summed E-state index contributed by atoms with van der Waals surface area (Å²) in [5.74, 6) is 0.00846. The van der Waals surface area contributed by atoms with Gasteiger partial charge >= 0.3 is 0 Å². The van der Waals surface area contributed by atoms with E-state index in [2.05, 4.69) is 31.0 Å². The van der Waals surface area contributed by atoms with Crippen molar-refractivity contribution in [3.63, 3.8) is 0 Å². The van der Waals surface area contributed by atoms with E-state index >= 15 is 0 Å². The first-order valence-electron chi connectivity index (χ1n) is 14.8. The van der Waals surface area contributed by atoms with E-state index in [1.54, 1.807) is 11.3 Å². The van der Waals surface area contributed by atoms with Gasteiger partial charge in [-0.15, -0.1) is 11.3 Å². The van der Waals surface area contributed by atoms with Gasteiger partial charge in [0.25, 0.3) is 0 Å². The first-order valence-corrected chi connectivity index (χ1v) is 15.6. The van der Waals surface area contributed by atoms with E-state index in [9.17, 15) is 14.4 Å². The summed E-state index contributed by atoms with van der Waals surface area (Å²) in [6.07, 6.45) is 9.56. The third-order valence-electron chi connectivity index (χ3n) is 7.83. The van der Waals surface area contributed by atoms with Gasteiger partial charge in [-0.1, -0.05) is 45.8 Å². The minimum Gasteiger partial charge on any atom is -0.353 e. The van der Waals surface area contributed by atoms with E-state index in [4.69, 9.17) is 4.98 Å². The van der Waals surface area contributed by atoms with Crippen LogP contribution in [0.4, 0.5) is 0 Å². The fourth-order valence-electron chi connectivity index (χ4n) is 5.64. The molecule has 2 aromatic rings. The number of hydrogen-bond acceptors (Lipinski definition) is 6. The van der Waals surface area contributed by atoms with Gasteiger partial charge in [-0.05, 0) is 69.8 Å². The molecule has 1 heterocycles. The number of nitrogens with one attached hydrogen (secondary N) is 1. The smallest absolute Gasteiger partial charge is 0.224 e. The first kappa shape index (κ1) is 31.2. The quantitative estimate of drug-likeness (QED) is 0.247. The van der Waals surface area contributed by atoms with Gasteiger partial charge in [0.1, 0.15) is 5.78 Å². The fourth-order valence-corrected chi connectivity index (χ4v) is 6.76. The molecule has 2 atom stereocenters. The molecule has 214 valence electrons. The van der Waals surface area contributed by atoms with Crippen LogP contribution in [0.2, 0.25) is 0 Å². The zero-order valence-electron chi connectivity index (χ0n) is 24.4. The van der Waals surface area contributed by atoms with Gasteiger partial charge in [0.05, 0.1) is 21.1 Å². The maximum absolute atomic E-state index is 13.8. The molecule has 1 aliphatic carbocycles. The summed E-state index contributed by atoms with van der Waals surface area (Å²) in [6, 6.07) is 6.25. The summed E-state index contributed by atoms with van der Waals surface area (Å²) in [5.41, 5.74) is 2.82. The fraction of sp³-hybridized carbons (Fsp3) is 0.625. The molecule has 0 unspecified atom stereocenters. The number of aromatic nitrogens is 1. The third-order valence-corrected chi connectivity index (χ3v) is 8.87. The van der Waals surface area contributed by atoms with E-state index in [-0.39, 0.29) is 29.9 Å². The Hall–Kier alpha value is -2.38. The average Bonchev–Trinajstić information content (AvgIpc) is 3.32. The van der Waals surface area contributed by atoms with E-state index < -0.39 is 5.92 Å². The van der Waals surface area contributed by atoms with Crippen LogP contribution < -0.4 is 5.32 Å². The highest BCUT2D eigenvalue weighted by Crippen LogP contribution is 2.30. The second-order valence-corrected chi connectivity index (χ2v) is 12.6. The van der Waals surface area contributed by atoms with E-state index in [1.807, 2.05) is 32.0 Å². The van der Waals surface area contributed by atoms with Crippen molar-refractivity contribution < 1.29 is 14.4 Å². The lowest BCUT2D eigenvalue weighted by Crippen LogP contribution is -2.45. The molecule has 0 radical (unpaired) electrons. The lowest BCUT2D eigenvalue weighted by Gasteiger charge is -2.32. The lowest BCUT2D eigenvalue weighted by molar-refractivity contribution is -0.130. The van der Waals surface area contributed by atoms with Crippen molar-refractivity contribution in [1.29, 1.82) is 0 Å². The Morgan fingerprint density at radius 1 is 1.13 bits per heavy atom. The van der Waals surface area contributed by atoms with Gasteiger partial charge in [0.2, 0.25) is 5.91 Å². The number of carbonyl (C=O) groups is 3. The number of nitrogens with zero attached hydrogens (tertiary/aromatic N) is 2. The van der Waals surface area contributed by atoms with Crippen LogP contribution in [0.5, 0.6) is 0 Å². The van der Waals surface area contributed by atoms with Crippen LogP contribution in [-0.4, -0.2) is 54.0 Å². The molecule has 0 spiro atoms. The summed E-state index contributed by atoms with van der Waals surface area (Å²) in [4.78, 5) is 46.0. The first-order chi connectivity index (χ1) is 18.7. The molecule has 1 aromatic carbocycles. The summed E-state index contributed by atoms with van der Waals surface area (Å²) in [6.45, 7) is 8.65. The van der Waals surface area contributed by atoms with Crippen LogP contribution in [0.25, 0.3) is 10.2 Å². The number of fused-ring (bicyclic) bond motifs is 1. The van der Waals surface area contributed by atoms with Gasteiger partial charge in [-0.3, -0.25) is 14.4 Å². The number of carbonyl (C=O) groups excluding carboxylic acids is 3.